The molecule has 0 unspecified atom stereocenters. The summed E-state index contributed by atoms with van der Waals surface area (Å²) in [4.78, 5) is 25.3. The number of oxime groups is 1. The molecule has 0 amide bonds. The van der Waals surface area contributed by atoms with Crippen LogP contribution in [0.1, 0.15) is 37.1 Å². The Bertz CT molecular complexity index is 634. The van der Waals surface area contributed by atoms with Crippen molar-refractivity contribution in [2.24, 2.45) is 28.6 Å². The zero-order valence-corrected chi connectivity index (χ0v) is 13.1. The lowest BCUT2D eigenvalue weighted by atomic mass is 9.89. The summed E-state index contributed by atoms with van der Waals surface area (Å²) in [7, 11) is 1.54. The zero-order chi connectivity index (χ0) is 16.4. The first-order valence-corrected chi connectivity index (χ1v) is 7.73. The average molecular weight is 319 g/mol. The molecule has 2 fully saturated rings. The SMILES string of the molecule is COCc1ncc(C(N)=NOC(=O)[C@@H]2C[C@H]3CC[C@H]2C3)c(N)n1. The van der Waals surface area contributed by atoms with Crippen LogP contribution in [0, 0.1) is 17.8 Å². The highest BCUT2D eigenvalue weighted by Gasteiger charge is 2.44. The Balaban J connectivity index is 1.64. The van der Waals surface area contributed by atoms with Gasteiger partial charge in [-0.05, 0) is 31.1 Å². The molecule has 8 nitrogen and oxygen atoms in total. The third-order valence-electron chi connectivity index (χ3n) is 4.69. The molecule has 0 radical (unpaired) electrons. The minimum Gasteiger partial charge on any atom is -0.383 e. The van der Waals surface area contributed by atoms with Crippen LogP contribution in [-0.2, 0) is 21.0 Å². The van der Waals surface area contributed by atoms with Gasteiger partial charge in [-0.3, -0.25) is 0 Å². The molecule has 4 N–H and O–H groups in total. The Hall–Kier alpha value is -2.22. The zero-order valence-electron chi connectivity index (χ0n) is 13.1. The Labute approximate surface area is 134 Å². The summed E-state index contributed by atoms with van der Waals surface area (Å²) in [6.07, 6.45) is 5.80. The molecule has 0 spiro atoms. The number of hydrogen-bond acceptors (Lipinski definition) is 7. The molecule has 3 atom stereocenters. The van der Waals surface area contributed by atoms with Crippen LogP contribution in [0.4, 0.5) is 5.82 Å². The molecule has 124 valence electrons. The fourth-order valence-electron chi connectivity index (χ4n) is 3.57. The van der Waals surface area contributed by atoms with E-state index in [1.54, 1.807) is 7.11 Å². The Kier molecular flexibility index (Phi) is 4.42. The molecule has 3 rings (SSSR count). The third-order valence-corrected chi connectivity index (χ3v) is 4.69. The minimum absolute atomic E-state index is 0.0111. The smallest absolute Gasteiger partial charge is 0.338 e. The molecule has 0 aromatic carbocycles. The van der Waals surface area contributed by atoms with Crippen LogP contribution in [0.2, 0.25) is 0 Å². The molecule has 0 aliphatic heterocycles. The Morgan fingerprint density at radius 3 is 2.87 bits per heavy atom. The number of carbonyl (C=O) groups excluding carboxylic acids is 1. The van der Waals surface area contributed by atoms with Gasteiger partial charge in [0.1, 0.15) is 12.4 Å². The van der Waals surface area contributed by atoms with Gasteiger partial charge in [0.05, 0.1) is 11.5 Å². The van der Waals surface area contributed by atoms with Crippen molar-refractivity contribution >= 4 is 17.6 Å². The van der Waals surface area contributed by atoms with E-state index >= 15 is 0 Å². The quantitative estimate of drug-likeness (QED) is 0.356. The molecule has 1 aromatic heterocycles. The van der Waals surface area contributed by atoms with Gasteiger partial charge in [-0.15, -0.1) is 0 Å². The van der Waals surface area contributed by atoms with Crippen molar-refractivity contribution in [3.8, 4) is 0 Å². The lowest BCUT2D eigenvalue weighted by molar-refractivity contribution is -0.150. The number of aromatic nitrogens is 2. The second kappa shape index (κ2) is 6.49. The fourth-order valence-corrected chi connectivity index (χ4v) is 3.57. The van der Waals surface area contributed by atoms with E-state index < -0.39 is 0 Å². The van der Waals surface area contributed by atoms with Crippen LogP contribution in [0.3, 0.4) is 0 Å². The molecular weight excluding hydrogens is 298 g/mol. The second-order valence-electron chi connectivity index (χ2n) is 6.19. The number of nitrogens with two attached hydrogens (primary N) is 2. The van der Waals surface area contributed by atoms with Crippen LogP contribution in [0.15, 0.2) is 11.4 Å². The van der Waals surface area contributed by atoms with E-state index in [4.69, 9.17) is 21.0 Å². The van der Waals surface area contributed by atoms with E-state index in [2.05, 4.69) is 15.1 Å². The predicted molar refractivity (Wildman–Crippen MR) is 82.9 cm³/mol. The topological polar surface area (TPSA) is 126 Å². The van der Waals surface area contributed by atoms with Gasteiger partial charge in [0.15, 0.2) is 11.7 Å². The summed E-state index contributed by atoms with van der Waals surface area (Å²) in [5.74, 6) is 1.34. The summed E-state index contributed by atoms with van der Waals surface area (Å²) >= 11 is 0. The maximum atomic E-state index is 12.1. The van der Waals surface area contributed by atoms with E-state index in [-0.39, 0.29) is 30.1 Å². The van der Waals surface area contributed by atoms with E-state index in [1.807, 2.05) is 0 Å². The number of ether oxygens (including phenoxy) is 1. The number of methoxy groups -OCH3 is 1. The van der Waals surface area contributed by atoms with Gasteiger partial charge in [-0.2, -0.15) is 0 Å². The number of nitrogen functional groups attached to an aromatic ring is 1. The predicted octanol–water partition coefficient (Wildman–Crippen LogP) is 0.805. The van der Waals surface area contributed by atoms with E-state index in [0.29, 0.717) is 23.2 Å². The van der Waals surface area contributed by atoms with E-state index in [9.17, 15) is 4.79 Å². The molecule has 2 aliphatic carbocycles. The molecule has 1 aromatic rings. The van der Waals surface area contributed by atoms with Gasteiger partial charge in [0.25, 0.3) is 0 Å². The summed E-state index contributed by atoms with van der Waals surface area (Å²) in [5.41, 5.74) is 12.0. The summed E-state index contributed by atoms with van der Waals surface area (Å²) in [6.45, 7) is 0.251. The van der Waals surface area contributed by atoms with Crippen LogP contribution in [0.25, 0.3) is 0 Å². The molecular formula is C15H21N5O3. The monoisotopic (exact) mass is 319 g/mol. The summed E-state index contributed by atoms with van der Waals surface area (Å²) in [6, 6.07) is 0. The molecule has 2 aliphatic rings. The highest BCUT2D eigenvalue weighted by Crippen LogP contribution is 2.48. The first kappa shape index (κ1) is 15.7. The number of amidine groups is 1. The largest absolute Gasteiger partial charge is 0.383 e. The molecule has 1 heterocycles. The average Bonchev–Trinajstić information content (AvgIpc) is 3.16. The maximum absolute atomic E-state index is 12.1. The molecule has 23 heavy (non-hydrogen) atoms. The van der Waals surface area contributed by atoms with E-state index in [0.717, 1.165) is 19.3 Å². The number of nitrogens with zero attached hydrogens (tertiary/aromatic N) is 3. The van der Waals surface area contributed by atoms with Crippen LogP contribution < -0.4 is 11.5 Å². The van der Waals surface area contributed by atoms with Gasteiger partial charge in [0, 0.05) is 13.3 Å². The van der Waals surface area contributed by atoms with Gasteiger partial charge in [0.2, 0.25) is 0 Å². The normalized spacial score (nSPS) is 26.5. The molecule has 8 heteroatoms. The van der Waals surface area contributed by atoms with Crippen molar-refractivity contribution in [3.63, 3.8) is 0 Å². The van der Waals surface area contributed by atoms with Gasteiger partial charge >= 0.3 is 5.97 Å². The van der Waals surface area contributed by atoms with Crippen molar-refractivity contribution in [3.05, 3.63) is 17.6 Å². The number of anilines is 1. The number of fused-ring (bicyclic) bond motifs is 2. The van der Waals surface area contributed by atoms with E-state index in [1.165, 1.54) is 12.6 Å². The Morgan fingerprint density at radius 2 is 2.26 bits per heavy atom. The van der Waals surface area contributed by atoms with Crippen molar-refractivity contribution in [1.29, 1.82) is 0 Å². The Morgan fingerprint density at radius 1 is 1.43 bits per heavy atom. The first-order valence-electron chi connectivity index (χ1n) is 7.73. The van der Waals surface area contributed by atoms with Crippen LogP contribution in [0.5, 0.6) is 0 Å². The lowest BCUT2D eigenvalue weighted by Gasteiger charge is -2.18. The van der Waals surface area contributed by atoms with Crippen molar-refractivity contribution in [2.45, 2.75) is 32.3 Å². The van der Waals surface area contributed by atoms with Gasteiger partial charge < -0.3 is 21.0 Å². The highest BCUT2D eigenvalue weighted by atomic mass is 16.7. The standard InChI is InChI=1S/C15H21N5O3/c1-22-7-12-18-6-11(13(16)19-12)14(17)20-23-15(21)10-5-8-2-3-9(10)4-8/h6,8-10H,2-5,7H2,1H3,(H2,17,20)(H2,16,18,19)/t8-,9-,10+/m0/s1. The van der Waals surface area contributed by atoms with Crippen LogP contribution >= 0.6 is 0 Å². The number of carbonyl (C=O) groups is 1. The third kappa shape index (κ3) is 3.26. The maximum Gasteiger partial charge on any atom is 0.338 e. The summed E-state index contributed by atoms with van der Waals surface area (Å²) in [5, 5.41) is 3.71. The van der Waals surface area contributed by atoms with Crippen molar-refractivity contribution < 1.29 is 14.4 Å². The van der Waals surface area contributed by atoms with Crippen LogP contribution in [-0.4, -0.2) is 28.9 Å². The number of hydrogen-bond donors (Lipinski definition) is 2. The number of rotatable bonds is 5. The first-order chi connectivity index (χ1) is 11.1. The van der Waals surface area contributed by atoms with Crippen molar-refractivity contribution in [2.75, 3.05) is 12.8 Å². The lowest BCUT2D eigenvalue weighted by Crippen LogP contribution is -2.24. The second-order valence-corrected chi connectivity index (χ2v) is 6.19. The molecule has 0 saturated heterocycles. The van der Waals surface area contributed by atoms with Crippen molar-refractivity contribution in [1.82, 2.24) is 9.97 Å². The molecule has 2 saturated carbocycles. The fraction of sp³-hybridized carbons (Fsp3) is 0.600. The van der Waals surface area contributed by atoms with Gasteiger partial charge in [-0.1, -0.05) is 11.6 Å². The summed E-state index contributed by atoms with van der Waals surface area (Å²) < 4.78 is 4.93. The highest BCUT2D eigenvalue weighted by molar-refractivity contribution is 6.00. The minimum atomic E-state index is -0.310. The molecule has 2 bridgehead atoms. The van der Waals surface area contributed by atoms with Gasteiger partial charge in [-0.25, -0.2) is 14.8 Å².